The largest absolute Gasteiger partial charge is 0.508 e. The maximum atomic E-state index is 13.4. The summed E-state index contributed by atoms with van der Waals surface area (Å²) in [5.74, 6) is -8.40. The van der Waals surface area contributed by atoms with Crippen LogP contribution in [0.15, 0.2) is 23.0 Å². The van der Waals surface area contributed by atoms with Crippen LogP contribution < -0.4 is 17.2 Å². The van der Waals surface area contributed by atoms with Crippen LogP contribution >= 0.6 is 0 Å². The van der Waals surface area contributed by atoms with Gasteiger partial charge in [-0.05, 0) is 19.4 Å². The van der Waals surface area contributed by atoms with Crippen molar-refractivity contribution in [2.24, 2.45) is 17.6 Å². The second-order valence-corrected chi connectivity index (χ2v) is 8.36. The minimum absolute atomic E-state index is 0.0485. The van der Waals surface area contributed by atoms with E-state index in [0.29, 0.717) is 0 Å². The molecule has 1 aromatic carbocycles. The highest BCUT2D eigenvalue weighted by Gasteiger charge is 2.63. The molecular formula is C20H21N3O8. The zero-order valence-electron chi connectivity index (χ0n) is 16.3. The molecule has 0 aromatic heterocycles. The number of phenols is 1. The Morgan fingerprint density at radius 3 is 2.32 bits per heavy atom. The zero-order valence-corrected chi connectivity index (χ0v) is 16.3. The van der Waals surface area contributed by atoms with Gasteiger partial charge in [0.25, 0.3) is 5.91 Å². The molecule has 0 spiro atoms. The number of aliphatic hydroxyl groups excluding tert-OH is 2. The first-order valence-corrected chi connectivity index (χ1v) is 9.37. The molecule has 1 aromatic rings. The topological polar surface area (TPSA) is 230 Å². The first-order chi connectivity index (χ1) is 14.3. The van der Waals surface area contributed by atoms with Crippen LogP contribution in [0.3, 0.4) is 0 Å². The van der Waals surface area contributed by atoms with Crippen LogP contribution in [-0.2, 0) is 20.0 Å². The van der Waals surface area contributed by atoms with Crippen molar-refractivity contribution in [2.75, 3.05) is 11.5 Å². The van der Waals surface area contributed by atoms with Crippen molar-refractivity contribution in [1.82, 2.24) is 0 Å². The van der Waals surface area contributed by atoms with Crippen molar-refractivity contribution in [3.05, 3.63) is 34.1 Å². The van der Waals surface area contributed by atoms with Crippen LogP contribution in [0.1, 0.15) is 30.9 Å². The Labute approximate surface area is 175 Å². The molecule has 11 nitrogen and oxygen atoms in total. The molecule has 0 heterocycles. The number of ketones is 2. The van der Waals surface area contributed by atoms with Gasteiger partial charge in [0.15, 0.2) is 11.4 Å². The number of aromatic hydroxyl groups is 1. The zero-order chi connectivity index (χ0) is 23.2. The third-order valence-electron chi connectivity index (χ3n) is 6.64. The molecule has 0 radical (unpaired) electrons. The minimum atomic E-state index is -2.73. The van der Waals surface area contributed by atoms with Gasteiger partial charge in [-0.1, -0.05) is 0 Å². The molecule has 4 rings (SSSR count). The fourth-order valence-corrected chi connectivity index (χ4v) is 5.14. The molecule has 4 atom stereocenters. The minimum Gasteiger partial charge on any atom is -0.508 e. The maximum absolute atomic E-state index is 13.4. The maximum Gasteiger partial charge on any atom is 0.255 e. The predicted octanol–water partition coefficient (Wildman–Crippen LogP) is -0.747. The standard InChI is InChI=1S/C20H21N3O8/c1-19(30)6-2-5-3-9(24)11(18(23)29)17(28)20(5,31)16(27)10(6)15(26)12-13(19)7(21)4-8(22)14(12)25/h4-6,25-26,28,30-31H,2-3,21-22H2,1H3,(H2,23,29)/t5-,6-,19?,20-/m0/s1. The van der Waals surface area contributed by atoms with Crippen LogP contribution in [0, 0.1) is 11.8 Å². The van der Waals surface area contributed by atoms with Crippen LogP contribution in [0.2, 0.25) is 0 Å². The van der Waals surface area contributed by atoms with E-state index in [1.54, 1.807) is 0 Å². The highest BCUT2D eigenvalue weighted by atomic mass is 16.3. The number of carbonyl (C=O) groups excluding carboxylic acids is 3. The summed E-state index contributed by atoms with van der Waals surface area (Å²) >= 11 is 0. The molecule has 11 N–H and O–H groups in total. The average molecular weight is 431 g/mol. The number of benzene rings is 1. The molecule has 164 valence electrons. The second kappa shape index (κ2) is 5.99. The number of hydrogen-bond acceptors (Lipinski definition) is 10. The molecular weight excluding hydrogens is 410 g/mol. The summed E-state index contributed by atoms with van der Waals surface area (Å²) in [6.07, 6.45) is -0.735. The summed E-state index contributed by atoms with van der Waals surface area (Å²) in [5.41, 5.74) is 10.1. The number of phenolic OH excluding ortho intramolecular Hbond substituents is 1. The molecule has 1 fully saturated rings. The number of rotatable bonds is 1. The van der Waals surface area contributed by atoms with Gasteiger partial charge in [0, 0.05) is 35.1 Å². The Kier molecular flexibility index (Phi) is 4.00. The first kappa shape index (κ1) is 20.7. The molecule has 3 aliphatic carbocycles. The summed E-state index contributed by atoms with van der Waals surface area (Å²) < 4.78 is 0. The Hall–Kier alpha value is -3.57. The number of amides is 1. The van der Waals surface area contributed by atoms with Gasteiger partial charge < -0.3 is 42.7 Å². The Morgan fingerprint density at radius 2 is 1.74 bits per heavy atom. The summed E-state index contributed by atoms with van der Waals surface area (Å²) in [5, 5.41) is 54.4. The number of fused-ring (bicyclic) bond motifs is 3. The number of primary amides is 1. The van der Waals surface area contributed by atoms with Gasteiger partial charge in [-0.3, -0.25) is 14.4 Å². The van der Waals surface area contributed by atoms with E-state index < -0.39 is 75.3 Å². The fraction of sp³-hybridized carbons (Fsp3) is 0.350. The summed E-state index contributed by atoms with van der Waals surface area (Å²) in [4.78, 5) is 37.4. The fourth-order valence-electron chi connectivity index (χ4n) is 5.14. The number of aliphatic hydroxyl groups is 4. The van der Waals surface area contributed by atoms with Crippen molar-refractivity contribution in [3.63, 3.8) is 0 Å². The quantitative estimate of drug-likeness (QED) is 0.120. The van der Waals surface area contributed by atoms with Gasteiger partial charge in [-0.15, -0.1) is 0 Å². The van der Waals surface area contributed by atoms with Gasteiger partial charge in [0.2, 0.25) is 5.78 Å². The molecule has 11 heteroatoms. The average Bonchev–Trinajstić information content (AvgIpc) is 2.65. The SMILES string of the molecule is CC1(O)c2c(N)cc(N)c(O)c2C(O)=C2C(=O)[C@]3(O)C(O)=C(C(N)=O)C(=O)C[C@@H]3C[C@@H]21. The molecule has 31 heavy (non-hydrogen) atoms. The van der Waals surface area contributed by atoms with Gasteiger partial charge in [-0.2, -0.15) is 0 Å². The van der Waals surface area contributed by atoms with Crippen LogP contribution in [0.25, 0.3) is 5.76 Å². The summed E-state index contributed by atoms with van der Waals surface area (Å²) in [6.45, 7) is 1.31. The Balaban J connectivity index is 2.05. The molecule has 0 aliphatic heterocycles. The van der Waals surface area contributed by atoms with Crippen molar-refractivity contribution < 1.29 is 39.9 Å². The highest BCUT2D eigenvalue weighted by Crippen LogP contribution is 2.58. The van der Waals surface area contributed by atoms with Crippen LogP contribution in [-0.4, -0.2) is 48.6 Å². The van der Waals surface area contributed by atoms with Crippen LogP contribution in [0.5, 0.6) is 5.75 Å². The van der Waals surface area contributed by atoms with E-state index in [0.717, 1.165) is 0 Å². The Bertz CT molecular complexity index is 1170. The molecule has 1 saturated carbocycles. The third kappa shape index (κ3) is 2.32. The van der Waals surface area contributed by atoms with Crippen molar-refractivity contribution in [2.45, 2.75) is 31.0 Å². The molecule has 1 amide bonds. The molecule has 0 saturated heterocycles. The van der Waals surface area contributed by atoms with Crippen molar-refractivity contribution >= 4 is 34.6 Å². The lowest BCUT2D eigenvalue weighted by Crippen LogP contribution is -2.60. The number of hydrogen-bond donors (Lipinski definition) is 8. The van der Waals surface area contributed by atoms with E-state index in [9.17, 15) is 39.9 Å². The monoisotopic (exact) mass is 431 g/mol. The highest BCUT2D eigenvalue weighted by molar-refractivity contribution is 6.22. The van der Waals surface area contributed by atoms with E-state index in [1.807, 2.05) is 0 Å². The number of anilines is 2. The summed E-state index contributed by atoms with van der Waals surface area (Å²) in [7, 11) is 0. The number of nitrogen functional groups attached to an aromatic ring is 2. The summed E-state index contributed by atoms with van der Waals surface area (Å²) in [6, 6.07) is 1.19. The second-order valence-electron chi connectivity index (χ2n) is 8.36. The normalized spacial score (nSPS) is 32.5. The molecule has 1 unspecified atom stereocenters. The lowest BCUT2D eigenvalue weighted by molar-refractivity contribution is -0.152. The van der Waals surface area contributed by atoms with E-state index in [1.165, 1.54) is 13.0 Å². The lowest BCUT2D eigenvalue weighted by Gasteiger charge is -2.50. The number of carbonyl (C=O) groups is 3. The number of nitrogens with two attached hydrogens (primary N) is 3. The smallest absolute Gasteiger partial charge is 0.255 e. The van der Waals surface area contributed by atoms with E-state index in [2.05, 4.69) is 0 Å². The van der Waals surface area contributed by atoms with Gasteiger partial charge in [-0.25, -0.2) is 0 Å². The lowest BCUT2D eigenvalue weighted by atomic mass is 9.55. The van der Waals surface area contributed by atoms with Gasteiger partial charge in [0.1, 0.15) is 22.8 Å². The number of Topliss-reactive ketones (excluding diaryl/α,β-unsaturated/α-hetero) is 2. The van der Waals surface area contributed by atoms with E-state index >= 15 is 0 Å². The van der Waals surface area contributed by atoms with Gasteiger partial charge in [0.05, 0.1) is 16.9 Å². The van der Waals surface area contributed by atoms with Crippen molar-refractivity contribution in [3.8, 4) is 5.75 Å². The predicted molar refractivity (Wildman–Crippen MR) is 106 cm³/mol. The first-order valence-electron chi connectivity index (χ1n) is 9.37. The molecule has 3 aliphatic rings. The third-order valence-corrected chi connectivity index (χ3v) is 6.64. The van der Waals surface area contributed by atoms with Gasteiger partial charge >= 0.3 is 0 Å². The Morgan fingerprint density at radius 1 is 1.13 bits per heavy atom. The van der Waals surface area contributed by atoms with Crippen molar-refractivity contribution in [1.29, 1.82) is 0 Å². The van der Waals surface area contributed by atoms with E-state index in [-0.39, 0.29) is 28.9 Å². The molecule has 0 bridgehead atoms. The van der Waals surface area contributed by atoms with Crippen LogP contribution in [0.4, 0.5) is 11.4 Å². The van der Waals surface area contributed by atoms with E-state index in [4.69, 9.17) is 17.2 Å².